The molecule has 1 aromatic heterocycles. The van der Waals surface area contributed by atoms with Gasteiger partial charge in [0.1, 0.15) is 19.0 Å². The number of halogens is 1. The monoisotopic (exact) mass is 321 g/mol. The third-order valence-corrected chi connectivity index (χ3v) is 3.98. The van der Waals surface area contributed by atoms with Crippen molar-refractivity contribution in [2.75, 3.05) is 20.3 Å². The average Bonchev–Trinajstić information content (AvgIpc) is 3.07. The lowest BCUT2D eigenvalue weighted by Crippen LogP contribution is -2.29. The summed E-state index contributed by atoms with van der Waals surface area (Å²) in [5, 5.41) is 0.375. The highest BCUT2D eigenvalue weighted by Gasteiger charge is 2.24. The van der Waals surface area contributed by atoms with Crippen molar-refractivity contribution in [1.82, 2.24) is 4.90 Å². The SMILES string of the molecule is CC(c1ccco1)N(C)C(=O)c1cc(Cl)c2c(c1)OCCO2. The molecule has 1 aromatic carbocycles. The fourth-order valence-corrected chi connectivity index (χ4v) is 2.60. The van der Waals surface area contributed by atoms with Crippen molar-refractivity contribution < 1.29 is 18.7 Å². The van der Waals surface area contributed by atoms with E-state index < -0.39 is 0 Å². The van der Waals surface area contributed by atoms with Crippen molar-refractivity contribution in [2.45, 2.75) is 13.0 Å². The van der Waals surface area contributed by atoms with Crippen molar-refractivity contribution in [1.29, 1.82) is 0 Å². The first-order valence-corrected chi connectivity index (χ1v) is 7.35. The summed E-state index contributed by atoms with van der Waals surface area (Å²) in [6.45, 7) is 2.80. The molecule has 0 N–H and O–H groups in total. The van der Waals surface area contributed by atoms with Gasteiger partial charge in [0.25, 0.3) is 5.91 Å². The zero-order chi connectivity index (χ0) is 15.7. The van der Waals surface area contributed by atoms with Crippen molar-refractivity contribution in [3.05, 3.63) is 46.9 Å². The quantitative estimate of drug-likeness (QED) is 0.867. The van der Waals surface area contributed by atoms with Crippen molar-refractivity contribution >= 4 is 17.5 Å². The number of ether oxygens (including phenoxy) is 2. The second-order valence-electron chi connectivity index (χ2n) is 5.09. The van der Waals surface area contributed by atoms with Gasteiger partial charge >= 0.3 is 0 Å². The van der Waals surface area contributed by atoms with E-state index in [0.29, 0.717) is 35.3 Å². The van der Waals surface area contributed by atoms with Crippen molar-refractivity contribution in [2.24, 2.45) is 0 Å². The summed E-state index contributed by atoms with van der Waals surface area (Å²) in [4.78, 5) is 14.2. The van der Waals surface area contributed by atoms with Crippen LogP contribution in [0.25, 0.3) is 0 Å². The van der Waals surface area contributed by atoms with Gasteiger partial charge in [0.2, 0.25) is 0 Å². The van der Waals surface area contributed by atoms with Crippen molar-refractivity contribution in [3.8, 4) is 11.5 Å². The highest BCUT2D eigenvalue weighted by molar-refractivity contribution is 6.32. The fourth-order valence-electron chi connectivity index (χ4n) is 2.33. The second kappa shape index (κ2) is 5.93. The van der Waals surface area contributed by atoms with Crippen LogP contribution in [-0.4, -0.2) is 31.1 Å². The highest BCUT2D eigenvalue weighted by Crippen LogP contribution is 2.38. The van der Waals surface area contributed by atoms with Gasteiger partial charge in [0.15, 0.2) is 11.5 Å². The summed E-state index contributed by atoms with van der Waals surface area (Å²) in [5.41, 5.74) is 0.454. The number of furan rings is 1. The number of hydrogen-bond acceptors (Lipinski definition) is 4. The van der Waals surface area contributed by atoms with Gasteiger partial charge in [-0.05, 0) is 31.2 Å². The lowest BCUT2D eigenvalue weighted by molar-refractivity contribution is 0.0725. The van der Waals surface area contributed by atoms with Crippen LogP contribution in [-0.2, 0) is 0 Å². The summed E-state index contributed by atoms with van der Waals surface area (Å²) >= 11 is 6.18. The molecule has 1 atom stereocenters. The molecule has 0 saturated carbocycles. The third-order valence-electron chi connectivity index (χ3n) is 3.70. The van der Waals surface area contributed by atoms with E-state index in [4.69, 9.17) is 25.5 Å². The Morgan fingerprint density at radius 2 is 2.09 bits per heavy atom. The molecule has 1 aliphatic rings. The van der Waals surface area contributed by atoms with Crippen LogP contribution < -0.4 is 9.47 Å². The number of carbonyl (C=O) groups is 1. The van der Waals surface area contributed by atoms with Gasteiger partial charge in [0, 0.05) is 12.6 Å². The molecule has 0 radical (unpaired) electrons. The molecule has 116 valence electrons. The Morgan fingerprint density at radius 3 is 2.82 bits per heavy atom. The Balaban J connectivity index is 1.87. The predicted molar refractivity (Wildman–Crippen MR) is 81.7 cm³/mol. The fraction of sp³-hybridized carbons (Fsp3) is 0.312. The highest BCUT2D eigenvalue weighted by atomic mass is 35.5. The molecule has 1 aliphatic heterocycles. The molecule has 0 bridgehead atoms. The number of rotatable bonds is 3. The Morgan fingerprint density at radius 1 is 1.32 bits per heavy atom. The maximum Gasteiger partial charge on any atom is 0.254 e. The first-order chi connectivity index (χ1) is 10.6. The lowest BCUT2D eigenvalue weighted by atomic mass is 10.1. The molecule has 5 nitrogen and oxygen atoms in total. The van der Waals surface area contributed by atoms with E-state index in [1.807, 2.05) is 13.0 Å². The maximum atomic E-state index is 12.6. The molecule has 1 unspecified atom stereocenters. The Kier molecular flexibility index (Phi) is 3.98. The van der Waals surface area contributed by atoms with Gasteiger partial charge in [-0.15, -0.1) is 0 Å². The number of nitrogens with zero attached hydrogens (tertiary/aromatic N) is 1. The molecule has 0 fully saturated rings. The Hall–Kier alpha value is -2.14. The van der Waals surface area contributed by atoms with Crippen LogP contribution in [0.1, 0.15) is 29.1 Å². The van der Waals surface area contributed by atoms with E-state index >= 15 is 0 Å². The minimum atomic E-state index is -0.186. The number of amides is 1. The summed E-state index contributed by atoms with van der Waals surface area (Å²) < 4.78 is 16.3. The van der Waals surface area contributed by atoms with Gasteiger partial charge < -0.3 is 18.8 Å². The van der Waals surface area contributed by atoms with Gasteiger partial charge in [0.05, 0.1) is 17.3 Å². The largest absolute Gasteiger partial charge is 0.486 e. The zero-order valence-corrected chi connectivity index (χ0v) is 13.1. The summed E-state index contributed by atoms with van der Waals surface area (Å²) in [5.74, 6) is 1.55. The third kappa shape index (κ3) is 2.64. The van der Waals surface area contributed by atoms with E-state index in [2.05, 4.69) is 0 Å². The minimum absolute atomic E-state index is 0.164. The smallest absolute Gasteiger partial charge is 0.254 e. The van der Waals surface area contributed by atoms with Crippen LogP contribution in [0.2, 0.25) is 5.02 Å². The maximum absolute atomic E-state index is 12.6. The number of hydrogen-bond donors (Lipinski definition) is 0. The molecule has 0 aliphatic carbocycles. The van der Waals surface area contributed by atoms with E-state index in [1.54, 1.807) is 36.4 Å². The van der Waals surface area contributed by atoms with Crippen LogP contribution in [0.3, 0.4) is 0 Å². The van der Waals surface area contributed by atoms with E-state index in [0.717, 1.165) is 5.76 Å². The summed E-state index contributed by atoms with van der Waals surface area (Å²) in [6, 6.07) is 6.71. The molecule has 0 saturated heterocycles. The number of carbonyl (C=O) groups excluding carboxylic acids is 1. The zero-order valence-electron chi connectivity index (χ0n) is 12.3. The van der Waals surface area contributed by atoms with Crippen molar-refractivity contribution in [3.63, 3.8) is 0 Å². The Bertz CT molecular complexity index is 684. The van der Waals surface area contributed by atoms with Crippen LogP contribution in [0, 0.1) is 0 Å². The van der Waals surface area contributed by atoms with E-state index in [9.17, 15) is 4.79 Å². The second-order valence-corrected chi connectivity index (χ2v) is 5.50. The van der Waals surface area contributed by atoms with E-state index in [1.165, 1.54) is 0 Å². The topological polar surface area (TPSA) is 51.9 Å². The van der Waals surface area contributed by atoms with Crippen LogP contribution >= 0.6 is 11.6 Å². The first kappa shape index (κ1) is 14.8. The van der Waals surface area contributed by atoms with Crippen LogP contribution in [0.15, 0.2) is 34.9 Å². The standard InChI is InChI=1S/C16H16ClNO4/c1-10(13-4-3-5-20-13)18(2)16(19)11-8-12(17)15-14(9-11)21-6-7-22-15/h3-5,8-10H,6-7H2,1-2H3. The molecule has 22 heavy (non-hydrogen) atoms. The van der Waals surface area contributed by atoms with Gasteiger partial charge in [-0.3, -0.25) is 4.79 Å². The van der Waals surface area contributed by atoms with E-state index in [-0.39, 0.29) is 11.9 Å². The molecule has 2 aromatic rings. The van der Waals surface area contributed by atoms with Crippen LogP contribution in [0.5, 0.6) is 11.5 Å². The minimum Gasteiger partial charge on any atom is -0.486 e. The first-order valence-electron chi connectivity index (χ1n) is 6.97. The molecule has 3 rings (SSSR count). The predicted octanol–water partition coefficient (Wildman–Crippen LogP) is 3.54. The molecule has 2 heterocycles. The Labute approximate surface area is 133 Å². The van der Waals surface area contributed by atoms with Gasteiger partial charge in [-0.25, -0.2) is 0 Å². The van der Waals surface area contributed by atoms with Gasteiger partial charge in [-0.1, -0.05) is 11.6 Å². The molecular formula is C16H16ClNO4. The summed E-state index contributed by atoms with van der Waals surface area (Å²) in [7, 11) is 1.72. The number of fused-ring (bicyclic) bond motifs is 1. The van der Waals surface area contributed by atoms with Crippen LogP contribution in [0.4, 0.5) is 0 Å². The lowest BCUT2D eigenvalue weighted by Gasteiger charge is -2.25. The summed E-state index contributed by atoms with van der Waals surface area (Å²) in [6.07, 6.45) is 1.59. The molecular weight excluding hydrogens is 306 g/mol. The van der Waals surface area contributed by atoms with Gasteiger partial charge in [-0.2, -0.15) is 0 Å². The normalized spacial score (nSPS) is 14.5. The molecule has 6 heteroatoms. The number of benzene rings is 1. The average molecular weight is 322 g/mol. The molecule has 1 amide bonds. The molecule has 0 spiro atoms.